The van der Waals surface area contributed by atoms with Gasteiger partial charge in [0.2, 0.25) is 5.95 Å². The van der Waals surface area contributed by atoms with Crippen molar-refractivity contribution in [2.45, 2.75) is 6.92 Å². The Bertz CT molecular complexity index is 445. The van der Waals surface area contributed by atoms with E-state index >= 15 is 0 Å². The van der Waals surface area contributed by atoms with Gasteiger partial charge >= 0.3 is 0 Å². The minimum absolute atomic E-state index is 0.536. The van der Waals surface area contributed by atoms with Crippen LogP contribution < -0.4 is 5.73 Å². The van der Waals surface area contributed by atoms with Crippen LogP contribution in [-0.2, 0) is 7.05 Å². The lowest BCUT2D eigenvalue weighted by atomic mass is 10.2. The van der Waals surface area contributed by atoms with Gasteiger partial charge in [0.15, 0.2) is 0 Å². The van der Waals surface area contributed by atoms with E-state index in [1.54, 1.807) is 12.4 Å². The van der Waals surface area contributed by atoms with E-state index in [9.17, 15) is 0 Å². The van der Waals surface area contributed by atoms with Crippen molar-refractivity contribution >= 4 is 5.95 Å². The van der Waals surface area contributed by atoms with Gasteiger partial charge in [0.25, 0.3) is 0 Å². The van der Waals surface area contributed by atoms with Gasteiger partial charge in [0.05, 0.1) is 5.69 Å². The molecule has 0 bridgehead atoms. The van der Waals surface area contributed by atoms with E-state index < -0.39 is 0 Å². The average molecular weight is 188 g/mol. The number of pyridine rings is 1. The molecule has 0 aliphatic carbocycles. The average Bonchev–Trinajstić information content (AvgIpc) is 2.47. The lowest BCUT2D eigenvalue weighted by molar-refractivity contribution is 0.889. The maximum Gasteiger partial charge on any atom is 0.200 e. The molecule has 2 N–H and O–H groups in total. The second-order valence-corrected chi connectivity index (χ2v) is 3.20. The second-order valence-electron chi connectivity index (χ2n) is 3.20. The van der Waals surface area contributed by atoms with Gasteiger partial charge in [0.1, 0.15) is 0 Å². The summed E-state index contributed by atoms with van der Waals surface area (Å²) in [7, 11) is 1.91. The molecule has 14 heavy (non-hydrogen) atoms. The first-order chi connectivity index (χ1) is 6.70. The van der Waals surface area contributed by atoms with E-state index in [0.29, 0.717) is 5.95 Å². The fourth-order valence-electron chi connectivity index (χ4n) is 1.38. The summed E-state index contributed by atoms with van der Waals surface area (Å²) in [4.78, 5) is 8.26. The Kier molecular flexibility index (Phi) is 1.96. The molecule has 0 aliphatic heterocycles. The van der Waals surface area contributed by atoms with Gasteiger partial charge in [-0.2, -0.15) is 0 Å². The Balaban J connectivity index is 2.58. The molecule has 2 rings (SSSR count). The standard InChI is InChI=1S/C10H12N4/c1-7-9(13-10(11)14(7)2)8-3-5-12-6-4-8/h3-6H,1-2H3,(H2,11,13). The SMILES string of the molecule is Cc1c(-c2ccncc2)nc(N)n1C. The van der Waals surface area contributed by atoms with Crippen LogP contribution in [0.15, 0.2) is 24.5 Å². The highest BCUT2D eigenvalue weighted by atomic mass is 15.1. The fourth-order valence-corrected chi connectivity index (χ4v) is 1.38. The molecule has 4 nitrogen and oxygen atoms in total. The smallest absolute Gasteiger partial charge is 0.200 e. The Morgan fingerprint density at radius 2 is 1.93 bits per heavy atom. The predicted octanol–water partition coefficient (Wildman–Crippen LogP) is 1.37. The molecule has 2 heterocycles. The predicted molar refractivity (Wildman–Crippen MR) is 55.6 cm³/mol. The Hall–Kier alpha value is -1.84. The van der Waals surface area contributed by atoms with Crippen molar-refractivity contribution in [2.24, 2.45) is 7.05 Å². The summed E-state index contributed by atoms with van der Waals surface area (Å²) in [6.45, 7) is 2.00. The number of nitrogens with two attached hydrogens (primary N) is 1. The van der Waals surface area contributed by atoms with E-state index in [0.717, 1.165) is 17.0 Å². The molecule has 0 aliphatic rings. The molecule has 0 saturated carbocycles. The number of hydrogen-bond acceptors (Lipinski definition) is 3. The minimum atomic E-state index is 0.536. The number of hydrogen-bond donors (Lipinski definition) is 1. The van der Waals surface area contributed by atoms with Gasteiger partial charge in [-0.05, 0) is 19.1 Å². The van der Waals surface area contributed by atoms with Crippen molar-refractivity contribution in [3.63, 3.8) is 0 Å². The molecule has 0 spiro atoms. The van der Waals surface area contributed by atoms with Crippen molar-refractivity contribution < 1.29 is 0 Å². The van der Waals surface area contributed by atoms with E-state index in [1.807, 2.05) is 30.7 Å². The molecular formula is C10H12N4. The van der Waals surface area contributed by atoms with Gasteiger partial charge in [-0.15, -0.1) is 0 Å². The molecule has 0 aromatic carbocycles. The summed E-state index contributed by atoms with van der Waals surface area (Å²) in [5, 5.41) is 0. The first kappa shape index (κ1) is 8.74. The van der Waals surface area contributed by atoms with Crippen LogP contribution in [-0.4, -0.2) is 14.5 Å². The molecule has 2 aromatic heterocycles. The highest BCUT2D eigenvalue weighted by molar-refractivity contribution is 5.63. The van der Waals surface area contributed by atoms with Crippen LogP contribution in [0.4, 0.5) is 5.95 Å². The number of imidazole rings is 1. The van der Waals surface area contributed by atoms with Gasteiger partial charge < -0.3 is 10.3 Å². The van der Waals surface area contributed by atoms with E-state index in [-0.39, 0.29) is 0 Å². The number of nitrogen functional groups attached to an aromatic ring is 1. The summed E-state index contributed by atoms with van der Waals surface area (Å²) in [6.07, 6.45) is 3.50. The Morgan fingerprint density at radius 3 is 2.43 bits per heavy atom. The molecule has 0 fully saturated rings. The summed E-state index contributed by atoms with van der Waals surface area (Å²) >= 11 is 0. The molecule has 72 valence electrons. The zero-order valence-corrected chi connectivity index (χ0v) is 8.23. The fraction of sp³-hybridized carbons (Fsp3) is 0.200. The first-order valence-electron chi connectivity index (χ1n) is 4.39. The van der Waals surface area contributed by atoms with E-state index in [2.05, 4.69) is 9.97 Å². The summed E-state index contributed by atoms with van der Waals surface area (Å²) < 4.78 is 1.87. The zero-order valence-electron chi connectivity index (χ0n) is 8.23. The van der Waals surface area contributed by atoms with Crippen LogP contribution >= 0.6 is 0 Å². The van der Waals surface area contributed by atoms with Gasteiger partial charge in [0, 0.05) is 30.7 Å². The van der Waals surface area contributed by atoms with Crippen LogP contribution in [0.5, 0.6) is 0 Å². The van der Waals surface area contributed by atoms with Gasteiger partial charge in [-0.25, -0.2) is 4.98 Å². The van der Waals surface area contributed by atoms with Crippen molar-refractivity contribution in [2.75, 3.05) is 5.73 Å². The Morgan fingerprint density at radius 1 is 1.29 bits per heavy atom. The summed E-state index contributed by atoms with van der Waals surface area (Å²) in [5.74, 6) is 0.536. The normalized spacial score (nSPS) is 10.4. The number of aromatic nitrogens is 3. The lowest BCUT2D eigenvalue weighted by Crippen LogP contribution is -1.97. The highest BCUT2D eigenvalue weighted by Gasteiger charge is 2.09. The molecular weight excluding hydrogens is 176 g/mol. The summed E-state index contributed by atoms with van der Waals surface area (Å²) in [5.41, 5.74) is 8.75. The molecule has 2 aromatic rings. The second kappa shape index (κ2) is 3.14. The topological polar surface area (TPSA) is 56.7 Å². The van der Waals surface area contributed by atoms with Crippen molar-refractivity contribution in [1.29, 1.82) is 0 Å². The van der Waals surface area contributed by atoms with Crippen LogP contribution in [0.1, 0.15) is 5.69 Å². The maximum atomic E-state index is 5.72. The lowest BCUT2D eigenvalue weighted by Gasteiger charge is -1.98. The third kappa shape index (κ3) is 1.25. The third-order valence-corrected chi connectivity index (χ3v) is 2.37. The number of anilines is 1. The largest absolute Gasteiger partial charge is 0.369 e. The molecule has 0 unspecified atom stereocenters. The van der Waals surface area contributed by atoms with Crippen LogP contribution in [0, 0.1) is 6.92 Å². The van der Waals surface area contributed by atoms with E-state index in [4.69, 9.17) is 5.73 Å². The zero-order chi connectivity index (χ0) is 10.1. The molecule has 0 atom stereocenters. The van der Waals surface area contributed by atoms with Crippen LogP contribution in [0.25, 0.3) is 11.3 Å². The third-order valence-electron chi connectivity index (χ3n) is 2.37. The van der Waals surface area contributed by atoms with Crippen LogP contribution in [0.3, 0.4) is 0 Å². The quantitative estimate of drug-likeness (QED) is 0.735. The molecule has 4 heteroatoms. The monoisotopic (exact) mass is 188 g/mol. The van der Waals surface area contributed by atoms with Crippen LogP contribution in [0.2, 0.25) is 0 Å². The molecule has 0 amide bonds. The number of nitrogens with zero attached hydrogens (tertiary/aromatic N) is 3. The van der Waals surface area contributed by atoms with Crippen molar-refractivity contribution in [3.8, 4) is 11.3 Å². The van der Waals surface area contributed by atoms with Gasteiger partial charge in [-0.3, -0.25) is 4.98 Å². The Labute approximate surface area is 82.4 Å². The number of rotatable bonds is 1. The molecule has 0 saturated heterocycles. The maximum absolute atomic E-state index is 5.72. The van der Waals surface area contributed by atoms with E-state index in [1.165, 1.54) is 0 Å². The first-order valence-corrected chi connectivity index (χ1v) is 4.39. The minimum Gasteiger partial charge on any atom is -0.369 e. The summed E-state index contributed by atoms with van der Waals surface area (Å²) in [6, 6.07) is 3.85. The molecule has 0 radical (unpaired) electrons. The van der Waals surface area contributed by atoms with Crippen molar-refractivity contribution in [1.82, 2.24) is 14.5 Å². The van der Waals surface area contributed by atoms with Gasteiger partial charge in [-0.1, -0.05) is 0 Å². The van der Waals surface area contributed by atoms with Crippen molar-refractivity contribution in [3.05, 3.63) is 30.2 Å². The highest BCUT2D eigenvalue weighted by Crippen LogP contribution is 2.22.